The molecule has 0 bridgehead atoms. The molecule has 0 atom stereocenters. The monoisotopic (exact) mass is 239 g/mol. The number of nitrogens with one attached hydrogen (secondary N) is 1. The lowest BCUT2D eigenvalue weighted by Crippen LogP contribution is -2.23. The Labute approximate surface area is 104 Å². The Hall–Kier alpha value is -2.61. The summed E-state index contributed by atoms with van der Waals surface area (Å²) in [6.45, 7) is 5.57. The largest absolute Gasteiger partial charge is 0.444 e. The maximum absolute atomic E-state index is 11.5. The molecule has 0 aliphatic carbocycles. The predicted molar refractivity (Wildman–Crippen MR) is 63.3 cm³/mol. The number of nitriles is 1. The minimum atomic E-state index is -0.449. The molecule has 5 heteroatoms. The highest BCUT2D eigenvalue weighted by molar-refractivity contribution is 5.92. The molecule has 5 nitrogen and oxygen atoms in total. The number of amides is 1. The molecular weight excluding hydrogens is 230 g/mol. The standard InChI is InChI=1S/C13H9N3O2/c1-9-3-2-4-10(7-9)13-16-11(8-18-13)12(17)15-6-5-14/h1-4,7-8H,6H2,(H,15,17). The first-order valence-corrected chi connectivity index (χ1v) is 5.17. The van der Waals surface area contributed by atoms with Gasteiger partial charge in [0.25, 0.3) is 5.91 Å². The number of benzene rings is 1. The molecule has 0 unspecified atom stereocenters. The molecule has 18 heavy (non-hydrogen) atoms. The third kappa shape index (κ3) is 2.55. The van der Waals surface area contributed by atoms with Crippen molar-refractivity contribution in [2.45, 2.75) is 0 Å². The van der Waals surface area contributed by atoms with Crippen molar-refractivity contribution >= 4 is 5.91 Å². The van der Waals surface area contributed by atoms with Crippen molar-refractivity contribution in [2.75, 3.05) is 6.54 Å². The van der Waals surface area contributed by atoms with Crippen molar-refractivity contribution in [1.82, 2.24) is 10.3 Å². The molecule has 0 spiro atoms. The molecule has 1 N–H and O–H groups in total. The zero-order valence-corrected chi connectivity index (χ0v) is 9.38. The molecule has 2 radical (unpaired) electrons. The number of hydrogen-bond acceptors (Lipinski definition) is 4. The van der Waals surface area contributed by atoms with Crippen LogP contribution < -0.4 is 5.32 Å². The molecule has 0 aliphatic heterocycles. The van der Waals surface area contributed by atoms with Crippen LogP contribution in [-0.2, 0) is 0 Å². The topological polar surface area (TPSA) is 78.9 Å². The average molecular weight is 239 g/mol. The van der Waals surface area contributed by atoms with Crippen molar-refractivity contribution in [1.29, 1.82) is 5.26 Å². The third-order valence-electron chi connectivity index (χ3n) is 2.20. The molecule has 0 saturated heterocycles. The van der Waals surface area contributed by atoms with Crippen molar-refractivity contribution in [3.05, 3.63) is 48.7 Å². The van der Waals surface area contributed by atoms with Crippen LogP contribution in [0.25, 0.3) is 11.5 Å². The summed E-state index contributed by atoms with van der Waals surface area (Å²) in [5.74, 6) is -0.139. The van der Waals surface area contributed by atoms with E-state index in [1.165, 1.54) is 6.26 Å². The summed E-state index contributed by atoms with van der Waals surface area (Å²) in [7, 11) is 0. The Balaban J connectivity index is 2.21. The normalized spacial score (nSPS) is 9.78. The molecule has 0 aliphatic rings. The fourth-order valence-electron chi connectivity index (χ4n) is 1.39. The maximum Gasteiger partial charge on any atom is 0.274 e. The van der Waals surface area contributed by atoms with E-state index >= 15 is 0 Å². The zero-order valence-electron chi connectivity index (χ0n) is 9.38. The van der Waals surface area contributed by atoms with E-state index in [0.29, 0.717) is 17.0 Å². The lowest BCUT2D eigenvalue weighted by atomic mass is 10.1. The van der Waals surface area contributed by atoms with E-state index in [1.807, 2.05) is 6.07 Å². The molecule has 1 amide bonds. The van der Waals surface area contributed by atoms with Gasteiger partial charge in [-0.2, -0.15) is 5.26 Å². The molecule has 2 aromatic rings. The fourth-order valence-corrected chi connectivity index (χ4v) is 1.39. The number of nitrogens with zero attached hydrogens (tertiary/aromatic N) is 2. The van der Waals surface area contributed by atoms with Gasteiger partial charge in [-0.25, -0.2) is 4.98 Å². The van der Waals surface area contributed by atoms with Crippen LogP contribution in [0.3, 0.4) is 0 Å². The highest BCUT2D eigenvalue weighted by Crippen LogP contribution is 2.19. The Morgan fingerprint density at radius 1 is 1.56 bits per heavy atom. The number of carbonyl (C=O) groups is 1. The molecule has 88 valence electrons. The summed E-state index contributed by atoms with van der Waals surface area (Å²) in [6, 6.07) is 8.79. The van der Waals surface area contributed by atoms with Crippen LogP contribution >= 0.6 is 0 Å². The molecule has 1 heterocycles. The molecule has 0 saturated carbocycles. The SMILES string of the molecule is [CH]c1cccc(-c2nc(C(=O)NCC#N)co2)c1. The van der Waals surface area contributed by atoms with Gasteiger partial charge in [0.15, 0.2) is 5.69 Å². The van der Waals surface area contributed by atoms with Crippen molar-refractivity contribution in [2.24, 2.45) is 0 Å². The first-order chi connectivity index (χ1) is 8.70. The Kier molecular flexibility index (Phi) is 3.39. The predicted octanol–water partition coefficient (Wildman–Crippen LogP) is 1.65. The van der Waals surface area contributed by atoms with E-state index in [2.05, 4.69) is 10.3 Å². The minimum Gasteiger partial charge on any atom is -0.444 e. The van der Waals surface area contributed by atoms with Crippen molar-refractivity contribution < 1.29 is 9.21 Å². The van der Waals surface area contributed by atoms with Gasteiger partial charge in [-0.1, -0.05) is 12.1 Å². The number of oxazole rings is 1. The van der Waals surface area contributed by atoms with Gasteiger partial charge in [0.2, 0.25) is 5.89 Å². The van der Waals surface area contributed by atoms with Crippen LogP contribution in [0, 0.1) is 18.3 Å². The number of rotatable bonds is 3. The summed E-state index contributed by atoms with van der Waals surface area (Å²) in [5.41, 5.74) is 1.40. The Morgan fingerprint density at radius 3 is 3.11 bits per heavy atom. The lowest BCUT2D eigenvalue weighted by Gasteiger charge is -1.96. The lowest BCUT2D eigenvalue weighted by molar-refractivity contribution is 0.0953. The summed E-state index contributed by atoms with van der Waals surface area (Å²) in [5, 5.41) is 10.7. The van der Waals surface area contributed by atoms with Crippen molar-refractivity contribution in [3.63, 3.8) is 0 Å². The van der Waals surface area contributed by atoms with Gasteiger partial charge in [-0.3, -0.25) is 4.79 Å². The second-order valence-electron chi connectivity index (χ2n) is 3.50. The van der Waals surface area contributed by atoms with Gasteiger partial charge in [0, 0.05) is 5.56 Å². The number of aromatic nitrogens is 1. The van der Waals surface area contributed by atoms with Crippen LogP contribution in [-0.4, -0.2) is 17.4 Å². The highest BCUT2D eigenvalue weighted by Gasteiger charge is 2.12. The van der Waals surface area contributed by atoms with Gasteiger partial charge in [-0.15, -0.1) is 0 Å². The van der Waals surface area contributed by atoms with Gasteiger partial charge in [0.1, 0.15) is 12.8 Å². The molecule has 0 fully saturated rings. The molecule has 1 aromatic heterocycles. The van der Waals surface area contributed by atoms with Gasteiger partial charge in [0.05, 0.1) is 6.07 Å². The van der Waals surface area contributed by atoms with Crippen LogP contribution in [0.15, 0.2) is 34.9 Å². The van der Waals surface area contributed by atoms with E-state index in [0.717, 1.165) is 0 Å². The average Bonchev–Trinajstić information content (AvgIpc) is 2.85. The molecule has 2 rings (SSSR count). The summed E-state index contributed by atoms with van der Waals surface area (Å²) < 4.78 is 5.20. The van der Waals surface area contributed by atoms with E-state index in [-0.39, 0.29) is 12.2 Å². The summed E-state index contributed by atoms with van der Waals surface area (Å²) in [4.78, 5) is 15.5. The minimum absolute atomic E-state index is 0.0701. The highest BCUT2D eigenvalue weighted by atomic mass is 16.3. The molecular formula is C13H9N3O2. The van der Waals surface area contributed by atoms with Crippen molar-refractivity contribution in [3.8, 4) is 17.5 Å². The van der Waals surface area contributed by atoms with Gasteiger partial charge in [-0.05, 0) is 24.6 Å². The quantitative estimate of drug-likeness (QED) is 0.826. The smallest absolute Gasteiger partial charge is 0.274 e. The van der Waals surface area contributed by atoms with Crippen LogP contribution in [0.1, 0.15) is 16.1 Å². The van der Waals surface area contributed by atoms with E-state index in [1.54, 1.807) is 24.3 Å². The van der Waals surface area contributed by atoms with Crippen LogP contribution in [0.4, 0.5) is 0 Å². The number of hydrogen-bond donors (Lipinski definition) is 1. The Bertz CT molecular complexity index is 611. The van der Waals surface area contributed by atoms with E-state index < -0.39 is 5.91 Å². The second kappa shape index (κ2) is 5.15. The van der Waals surface area contributed by atoms with Crippen LogP contribution in [0.2, 0.25) is 0 Å². The van der Waals surface area contributed by atoms with Gasteiger partial charge < -0.3 is 9.73 Å². The fraction of sp³-hybridized carbons (Fsp3) is 0.0769. The van der Waals surface area contributed by atoms with Crippen LogP contribution in [0.5, 0.6) is 0 Å². The first-order valence-electron chi connectivity index (χ1n) is 5.17. The zero-order chi connectivity index (χ0) is 13.0. The second-order valence-corrected chi connectivity index (χ2v) is 3.50. The van der Waals surface area contributed by atoms with E-state index in [9.17, 15) is 4.79 Å². The Morgan fingerprint density at radius 2 is 2.39 bits per heavy atom. The third-order valence-corrected chi connectivity index (χ3v) is 2.20. The summed E-state index contributed by atoms with van der Waals surface area (Å²) >= 11 is 0. The summed E-state index contributed by atoms with van der Waals surface area (Å²) in [6.07, 6.45) is 1.24. The van der Waals surface area contributed by atoms with E-state index in [4.69, 9.17) is 16.6 Å². The number of carbonyl (C=O) groups excluding carboxylic acids is 1. The van der Waals surface area contributed by atoms with Gasteiger partial charge >= 0.3 is 0 Å². The molecule has 1 aromatic carbocycles. The maximum atomic E-state index is 11.5. The first kappa shape index (κ1) is 11.9.